The summed E-state index contributed by atoms with van der Waals surface area (Å²) in [6, 6.07) is 3.84. The van der Waals surface area contributed by atoms with Gasteiger partial charge in [-0.25, -0.2) is 0 Å². The van der Waals surface area contributed by atoms with E-state index < -0.39 is 0 Å². The Morgan fingerprint density at radius 1 is 1.08 bits per heavy atom. The predicted octanol–water partition coefficient (Wildman–Crippen LogP) is 4.20. The first-order chi connectivity index (χ1) is 11.7. The molecule has 0 heterocycles. The molecule has 2 rings (SSSR count). The minimum absolute atomic E-state index is 0.0853. The van der Waals surface area contributed by atoms with Gasteiger partial charge in [0.05, 0.1) is 14.2 Å². The number of allylic oxidation sites excluding steroid dienone is 3. The van der Waals surface area contributed by atoms with E-state index in [9.17, 15) is 4.79 Å². The van der Waals surface area contributed by atoms with Crippen LogP contribution in [0.25, 0.3) is 11.1 Å². The summed E-state index contributed by atoms with van der Waals surface area (Å²) in [7, 11) is 4.88. The Labute approximate surface area is 144 Å². The van der Waals surface area contributed by atoms with E-state index in [1.165, 1.54) is 25.7 Å². The quantitative estimate of drug-likeness (QED) is 0.727. The first-order valence-corrected chi connectivity index (χ1v) is 8.56. The van der Waals surface area contributed by atoms with Crippen LogP contribution in [-0.2, 0) is 4.79 Å². The second-order valence-corrected chi connectivity index (χ2v) is 5.90. The fraction of sp³-hybridized carbons (Fsp3) is 0.450. The van der Waals surface area contributed by atoms with Crippen molar-refractivity contribution in [2.75, 3.05) is 21.3 Å². The molecule has 4 heteroatoms. The third kappa shape index (κ3) is 3.81. The van der Waals surface area contributed by atoms with Gasteiger partial charge in [0.25, 0.3) is 5.91 Å². The zero-order valence-corrected chi connectivity index (χ0v) is 15.1. The lowest BCUT2D eigenvalue weighted by molar-refractivity contribution is -0.115. The number of benzene rings is 1. The van der Waals surface area contributed by atoms with Crippen molar-refractivity contribution < 1.29 is 14.3 Å². The number of fused-ring (bicyclic) bond motifs is 1. The van der Waals surface area contributed by atoms with Gasteiger partial charge in [0.2, 0.25) is 0 Å². The van der Waals surface area contributed by atoms with E-state index in [1.54, 1.807) is 21.3 Å². The van der Waals surface area contributed by atoms with Gasteiger partial charge in [-0.15, -0.1) is 0 Å². The lowest BCUT2D eigenvalue weighted by Gasteiger charge is -2.12. The number of methoxy groups -OCH3 is 2. The van der Waals surface area contributed by atoms with Crippen molar-refractivity contribution >= 4 is 17.1 Å². The van der Waals surface area contributed by atoms with Crippen LogP contribution in [0.5, 0.6) is 11.5 Å². The minimum atomic E-state index is -0.0853. The second-order valence-electron chi connectivity index (χ2n) is 5.90. The van der Waals surface area contributed by atoms with Crippen LogP contribution in [0.1, 0.15) is 50.2 Å². The number of hydrogen-bond donors (Lipinski definition) is 1. The number of likely N-dealkylation sites (N-methyl/N-ethyl adjacent to an activating group) is 1. The highest BCUT2D eigenvalue weighted by Gasteiger charge is 2.25. The highest BCUT2D eigenvalue weighted by molar-refractivity contribution is 6.25. The number of nitrogens with one attached hydrogen (secondary N) is 1. The summed E-state index contributed by atoms with van der Waals surface area (Å²) in [4.78, 5) is 12.2. The van der Waals surface area contributed by atoms with Gasteiger partial charge in [-0.3, -0.25) is 4.79 Å². The number of carbonyl (C=O) groups is 1. The summed E-state index contributed by atoms with van der Waals surface area (Å²) in [6.07, 6.45) is 10.1. The van der Waals surface area contributed by atoms with Crippen LogP contribution in [0.4, 0.5) is 0 Å². The molecule has 0 radical (unpaired) electrons. The average Bonchev–Trinajstić information content (AvgIpc) is 2.97. The van der Waals surface area contributed by atoms with E-state index in [4.69, 9.17) is 9.47 Å². The first kappa shape index (κ1) is 18.1. The molecule has 0 bridgehead atoms. The van der Waals surface area contributed by atoms with Crippen molar-refractivity contribution in [2.45, 2.75) is 39.0 Å². The zero-order valence-electron chi connectivity index (χ0n) is 15.1. The molecule has 0 unspecified atom stereocenters. The fourth-order valence-electron chi connectivity index (χ4n) is 2.97. The van der Waals surface area contributed by atoms with E-state index in [1.807, 2.05) is 18.2 Å². The Morgan fingerprint density at radius 3 is 2.33 bits per heavy atom. The Kier molecular flexibility index (Phi) is 6.47. The molecule has 1 aliphatic carbocycles. The third-order valence-electron chi connectivity index (χ3n) is 4.32. The van der Waals surface area contributed by atoms with Crippen LogP contribution in [0, 0.1) is 0 Å². The molecule has 24 heavy (non-hydrogen) atoms. The SMILES string of the molecule is CCCCCC/C=C1\C=C(C(=O)NC)c2cc(OC)c(OC)cc21. The maximum absolute atomic E-state index is 12.2. The number of unbranched alkanes of at least 4 members (excludes halogenated alkanes) is 4. The highest BCUT2D eigenvalue weighted by Crippen LogP contribution is 2.42. The Hall–Kier alpha value is -2.23. The number of hydrogen-bond acceptors (Lipinski definition) is 3. The van der Waals surface area contributed by atoms with Gasteiger partial charge in [0, 0.05) is 12.6 Å². The molecule has 0 spiro atoms. The summed E-state index contributed by atoms with van der Waals surface area (Å²) in [5, 5.41) is 2.71. The summed E-state index contributed by atoms with van der Waals surface area (Å²) in [5.41, 5.74) is 3.68. The average molecular weight is 329 g/mol. The number of rotatable bonds is 8. The van der Waals surface area contributed by atoms with Crippen molar-refractivity contribution in [1.82, 2.24) is 5.32 Å². The van der Waals surface area contributed by atoms with Crippen molar-refractivity contribution in [3.63, 3.8) is 0 Å². The van der Waals surface area contributed by atoms with Crippen LogP contribution < -0.4 is 14.8 Å². The van der Waals surface area contributed by atoms with Crippen molar-refractivity contribution in [3.8, 4) is 11.5 Å². The first-order valence-electron chi connectivity index (χ1n) is 8.56. The lowest BCUT2D eigenvalue weighted by Crippen LogP contribution is -2.18. The molecule has 130 valence electrons. The van der Waals surface area contributed by atoms with Crippen LogP contribution in [-0.4, -0.2) is 27.2 Å². The maximum atomic E-state index is 12.2. The summed E-state index contributed by atoms with van der Waals surface area (Å²) >= 11 is 0. The van der Waals surface area contributed by atoms with Gasteiger partial charge in [0.1, 0.15) is 0 Å². The Bertz CT molecular complexity index is 659. The van der Waals surface area contributed by atoms with E-state index in [0.717, 1.165) is 23.1 Å². The number of amides is 1. The van der Waals surface area contributed by atoms with Crippen LogP contribution in [0.2, 0.25) is 0 Å². The number of ether oxygens (including phenoxy) is 2. The smallest absolute Gasteiger partial charge is 0.251 e. The molecule has 0 aliphatic heterocycles. The molecule has 0 atom stereocenters. The Morgan fingerprint density at radius 2 is 1.75 bits per heavy atom. The molecule has 1 amide bonds. The lowest BCUT2D eigenvalue weighted by atomic mass is 10.0. The van der Waals surface area contributed by atoms with E-state index in [2.05, 4.69) is 18.3 Å². The topological polar surface area (TPSA) is 47.6 Å². The van der Waals surface area contributed by atoms with Gasteiger partial charge >= 0.3 is 0 Å². The van der Waals surface area contributed by atoms with Gasteiger partial charge in [-0.2, -0.15) is 0 Å². The summed E-state index contributed by atoms with van der Waals surface area (Å²) in [5.74, 6) is 1.23. The summed E-state index contributed by atoms with van der Waals surface area (Å²) in [6.45, 7) is 2.21. The molecular weight excluding hydrogens is 302 g/mol. The standard InChI is InChI=1S/C20H27NO3/c1-5-6-7-8-9-10-14-11-17(20(22)21-2)16-13-19(24-4)18(23-3)12-15(14)16/h10-13H,5-9H2,1-4H3,(H,21,22)/b14-10+. The fourth-order valence-corrected chi connectivity index (χ4v) is 2.97. The van der Waals surface area contributed by atoms with Crippen LogP contribution >= 0.6 is 0 Å². The molecule has 1 N–H and O–H groups in total. The molecule has 0 fully saturated rings. The molecular formula is C20H27NO3. The van der Waals surface area contributed by atoms with E-state index >= 15 is 0 Å². The molecule has 0 saturated carbocycles. The second kappa shape index (κ2) is 8.57. The predicted molar refractivity (Wildman–Crippen MR) is 98.3 cm³/mol. The van der Waals surface area contributed by atoms with Gasteiger partial charge in [-0.05, 0) is 47.8 Å². The summed E-state index contributed by atoms with van der Waals surface area (Å²) < 4.78 is 10.8. The third-order valence-corrected chi connectivity index (χ3v) is 4.32. The largest absolute Gasteiger partial charge is 0.493 e. The Balaban J connectivity index is 2.36. The molecule has 4 nitrogen and oxygen atoms in total. The molecule has 0 saturated heterocycles. The molecule has 1 aromatic carbocycles. The van der Waals surface area contributed by atoms with Gasteiger partial charge < -0.3 is 14.8 Å². The molecule has 0 aromatic heterocycles. The van der Waals surface area contributed by atoms with Gasteiger partial charge in [-0.1, -0.05) is 32.3 Å². The highest BCUT2D eigenvalue weighted by atomic mass is 16.5. The normalized spacial score (nSPS) is 14.3. The monoisotopic (exact) mass is 329 g/mol. The minimum Gasteiger partial charge on any atom is -0.493 e. The zero-order chi connectivity index (χ0) is 17.5. The van der Waals surface area contributed by atoms with Crippen molar-refractivity contribution in [2.24, 2.45) is 0 Å². The van der Waals surface area contributed by atoms with Gasteiger partial charge in [0.15, 0.2) is 11.5 Å². The van der Waals surface area contributed by atoms with Crippen molar-refractivity contribution in [3.05, 3.63) is 35.4 Å². The van der Waals surface area contributed by atoms with E-state index in [0.29, 0.717) is 17.1 Å². The molecule has 1 aromatic rings. The molecule has 1 aliphatic rings. The number of carbonyl (C=O) groups excluding carboxylic acids is 1. The maximum Gasteiger partial charge on any atom is 0.251 e. The van der Waals surface area contributed by atoms with Crippen molar-refractivity contribution in [1.29, 1.82) is 0 Å². The van der Waals surface area contributed by atoms with E-state index in [-0.39, 0.29) is 5.91 Å². The van der Waals surface area contributed by atoms with Crippen LogP contribution in [0.15, 0.2) is 24.3 Å². The van der Waals surface area contributed by atoms with Crippen LogP contribution in [0.3, 0.4) is 0 Å².